The van der Waals surface area contributed by atoms with Crippen molar-refractivity contribution in [1.82, 2.24) is 0 Å². The van der Waals surface area contributed by atoms with Gasteiger partial charge in [0.25, 0.3) is 11.4 Å². The summed E-state index contributed by atoms with van der Waals surface area (Å²) >= 11 is 0. The smallest absolute Gasteiger partial charge is 0.318 e. The molecule has 0 fully saturated rings. The molecule has 0 bridgehead atoms. The minimum atomic E-state index is -0.919. The summed E-state index contributed by atoms with van der Waals surface area (Å²) in [5.74, 6) is -1.51. The van der Waals surface area contributed by atoms with Crippen LogP contribution in [0, 0.1) is 40.5 Å². The highest BCUT2D eigenvalue weighted by atomic mass is 16.6. The first kappa shape index (κ1) is 19.7. The predicted molar refractivity (Wildman–Crippen MR) is 82.8 cm³/mol. The van der Waals surface area contributed by atoms with E-state index in [9.17, 15) is 40.5 Å². The van der Waals surface area contributed by atoms with Crippen molar-refractivity contribution in [3.63, 3.8) is 0 Å². The van der Waals surface area contributed by atoms with E-state index in [0.717, 1.165) is 30.3 Å². The lowest BCUT2D eigenvalue weighted by Crippen LogP contribution is -1.93. The van der Waals surface area contributed by atoms with Crippen LogP contribution in [0.25, 0.3) is 0 Å². The molecule has 0 unspecified atom stereocenters. The van der Waals surface area contributed by atoms with E-state index in [1.165, 1.54) is 0 Å². The highest BCUT2D eigenvalue weighted by Gasteiger charge is 2.23. The van der Waals surface area contributed by atoms with Gasteiger partial charge in [0, 0.05) is 18.2 Å². The van der Waals surface area contributed by atoms with Gasteiger partial charge in [-0.25, -0.2) is 0 Å². The molecule has 26 heavy (non-hydrogen) atoms. The lowest BCUT2D eigenvalue weighted by molar-refractivity contribution is -0.396. The van der Waals surface area contributed by atoms with Gasteiger partial charge in [0.05, 0.1) is 25.8 Å². The molecule has 2 aromatic carbocycles. The minimum absolute atomic E-state index is 0.426. The average molecular weight is 368 g/mol. The lowest BCUT2D eigenvalue weighted by atomic mass is 10.2. The van der Waals surface area contributed by atoms with Crippen LogP contribution in [-0.2, 0) is 0 Å². The number of hydrogen-bond donors (Lipinski definition) is 2. The number of non-ortho nitro benzene ring substituents is 1. The SMILES string of the molecule is O=[N+]([O-])c1ccc(O)c([N+](=O)[O-])c1.O=[N+]([O-])c1cccc([N+](=O)[O-])c1O. The third-order valence-electron chi connectivity index (χ3n) is 2.75. The van der Waals surface area contributed by atoms with Crippen LogP contribution >= 0.6 is 0 Å². The Morgan fingerprint density at radius 1 is 0.654 bits per heavy atom. The summed E-state index contributed by atoms with van der Waals surface area (Å²) in [5.41, 5.74) is -2.44. The maximum Gasteiger partial charge on any atom is 0.318 e. The predicted octanol–water partition coefficient (Wildman–Crippen LogP) is 2.42. The number of phenols is 2. The second-order valence-corrected chi connectivity index (χ2v) is 4.35. The molecule has 0 aromatic heterocycles. The lowest BCUT2D eigenvalue weighted by Gasteiger charge is -1.95. The van der Waals surface area contributed by atoms with Crippen LogP contribution in [0.4, 0.5) is 22.7 Å². The number of phenolic OH excluding ortho intramolecular Hbond substituents is 2. The van der Waals surface area contributed by atoms with E-state index in [1.807, 2.05) is 0 Å². The summed E-state index contributed by atoms with van der Waals surface area (Å²) in [6, 6.07) is 5.72. The van der Waals surface area contributed by atoms with E-state index >= 15 is 0 Å². The van der Waals surface area contributed by atoms with E-state index < -0.39 is 53.9 Å². The number of nitro benzene ring substituents is 4. The minimum Gasteiger partial charge on any atom is -0.502 e. The van der Waals surface area contributed by atoms with Crippen LogP contribution in [0.3, 0.4) is 0 Å². The highest BCUT2D eigenvalue weighted by molar-refractivity contribution is 5.58. The normalized spacial score (nSPS) is 9.54. The Labute approximate surface area is 142 Å². The molecular formula is C12H8N4O10. The van der Waals surface area contributed by atoms with Gasteiger partial charge in [-0.05, 0) is 12.1 Å². The van der Waals surface area contributed by atoms with Gasteiger partial charge in [-0.3, -0.25) is 40.5 Å². The summed E-state index contributed by atoms with van der Waals surface area (Å²) in [6.45, 7) is 0. The molecule has 136 valence electrons. The van der Waals surface area contributed by atoms with Crippen molar-refractivity contribution in [1.29, 1.82) is 0 Å². The van der Waals surface area contributed by atoms with E-state index in [2.05, 4.69) is 0 Å². The highest BCUT2D eigenvalue weighted by Crippen LogP contribution is 2.34. The Hall–Kier alpha value is -4.36. The molecule has 0 aliphatic heterocycles. The molecule has 0 saturated carbocycles. The van der Waals surface area contributed by atoms with Gasteiger partial charge < -0.3 is 10.2 Å². The molecule has 0 heterocycles. The summed E-state index contributed by atoms with van der Waals surface area (Å²) in [4.78, 5) is 37.4. The van der Waals surface area contributed by atoms with Crippen LogP contribution in [0.15, 0.2) is 36.4 Å². The zero-order valence-electron chi connectivity index (χ0n) is 12.4. The van der Waals surface area contributed by atoms with Crippen molar-refractivity contribution in [2.45, 2.75) is 0 Å². The fourth-order valence-electron chi connectivity index (χ4n) is 1.59. The van der Waals surface area contributed by atoms with E-state index in [-0.39, 0.29) is 0 Å². The van der Waals surface area contributed by atoms with Gasteiger partial charge in [0.15, 0.2) is 5.75 Å². The number of hydrogen-bond acceptors (Lipinski definition) is 10. The maximum atomic E-state index is 10.2. The van der Waals surface area contributed by atoms with Crippen molar-refractivity contribution in [2.24, 2.45) is 0 Å². The fourth-order valence-corrected chi connectivity index (χ4v) is 1.59. The van der Waals surface area contributed by atoms with Crippen LogP contribution in [0.5, 0.6) is 11.5 Å². The Balaban J connectivity index is 0.000000260. The summed E-state index contributed by atoms with van der Waals surface area (Å²) in [6.07, 6.45) is 0. The quantitative estimate of drug-likeness (QED) is 0.593. The van der Waals surface area contributed by atoms with Gasteiger partial charge in [0.1, 0.15) is 0 Å². The molecule has 0 spiro atoms. The monoisotopic (exact) mass is 368 g/mol. The van der Waals surface area contributed by atoms with Crippen molar-refractivity contribution in [3.05, 3.63) is 76.9 Å². The number of aromatic hydroxyl groups is 2. The first-order valence-corrected chi connectivity index (χ1v) is 6.28. The van der Waals surface area contributed by atoms with Crippen molar-refractivity contribution in [2.75, 3.05) is 0 Å². The molecule has 14 heteroatoms. The largest absolute Gasteiger partial charge is 0.502 e. The number of nitro groups is 4. The molecule has 2 N–H and O–H groups in total. The van der Waals surface area contributed by atoms with E-state index in [0.29, 0.717) is 6.07 Å². The molecule has 0 atom stereocenters. The molecule has 0 aliphatic rings. The molecule has 0 aliphatic carbocycles. The van der Waals surface area contributed by atoms with E-state index in [1.54, 1.807) is 0 Å². The van der Waals surface area contributed by atoms with Gasteiger partial charge in [-0.2, -0.15) is 0 Å². The summed E-state index contributed by atoms with van der Waals surface area (Å²) in [5, 5.41) is 58.8. The van der Waals surface area contributed by atoms with Crippen molar-refractivity contribution >= 4 is 22.7 Å². The first-order valence-electron chi connectivity index (χ1n) is 6.28. The zero-order valence-corrected chi connectivity index (χ0v) is 12.4. The first-order chi connectivity index (χ1) is 12.1. The maximum absolute atomic E-state index is 10.2. The topological polar surface area (TPSA) is 213 Å². The molecule has 0 radical (unpaired) electrons. The number of para-hydroxylation sites is 1. The molecule has 0 saturated heterocycles. The van der Waals surface area contributed by atoms with Crippen molar-refractivity contribution in [3.8, 4) is 11.5 Å². The fraction of sp³-hybridized carbons (Fsp3) is 0. The third-order valence-corrected chi connectivity index (χ3v) is 2.75. The average Bonchev–Trinajstić information content (AvgIpc) is 2.55. The van der Waals surface area contributed by atoms with Crippen LogP contribution < -0.4 is 0 Å². The number of benzene rings is 2. The van der Waals surface area contributed by atoms with Crippen LogP contribution in [0.2, 0.25) is 0 Å². The number of rotatable bonds is 4. The molecule has 2 aromatic rings. The second-order valence-electron chi connectivity index (χ2n) is 4.35. The molecule has 2 rings (SSSR count). The Bertz CT molecular complexity index is 849. The third kappa shape index (κ3) is 4.57. The number of nitrogens with zero attached hydrogens (tertiary/aromatic N) is 4. The summed E-state index contributed by atoms with van der Waals surface area (Å²) in [7, 11) is 0. The van der Waals surface area contributed by atoms with Gasteiger partial charge >= 0.3 is 17.1 Å². The Kier molecular flexibility index (Phi) is 6.02. The molecule has 14 nitrogen and oxygen atoms in total. The Morgan fingerprint density at radius 2 is 1.12 bits per heavy atom. The van der Waals surface area contributed by atoms with Gasteiger partial charge in [-0.1, -0.05) is 0 Å². The standard InChI is InChI=1S/2C6H4N2O5/c9-6-2-1-4(7(10)11)3-5(6)8(12)13;9-6-4(7(10)11)2-1-3-5(6)8(12)13/h2*1-3,9H. The van der Waals surface area contributed by atoms with Gasteiger partial charge in [-0.15, -0.1) is 0 Å². The van der Waals surface area contributed by atoms with E-state index in [4.69, 9.17) is 10.2 Å². The second kappa shape index (κ2) is 7.95. The Morgan fingerprint density at radius 3 is 1.50 bits per heavy atom. The van der Waals surface area contributed by atoms with Crippen LogP contribution in [0.1, 0.15) is 0 Å². The van der Waals surface area contributed by atoms with Crippen molar-refractivity contribution < 1.29 is 29.9 Å². The van der Waals surface area contributed by atoms with Crippen LogP contribution in [-0.4, -0.2) is 29.9 Å². The van der Waals surface area contributed by atoms with Gasteiger partial charge in [0.2, 0.25) is 0 Å². The molecule has 0 amide bonds. The zero-order chi connectivity index (χ0) is 20.0. The molecular weight excluding hydrogens is 360 g/mol. The summed E-state index contributed by atoms with van der Waals surface area (Å²) < 4.78 is 0.